The number of furan rings is 1. The molecule has 0 saturated heterocycles. The summed E-state index contributed by atoms with van der Waals surface area (Å²) in [5, 5.41) is 0.968. The standard InChI is InChI=1S/C24H21NO4/c1-3-27-23(26)12-10-17-9-11-22-19(13-17)14-20(29-22)15-21-16(2)28-24(25-21)18-7-5-4-6-8-18/h4-14H,3,15H2,1-2H3. The fourth-order valence-corrected chi connectivity index (χ4v) is 3.12. The summed E-state index contributed by atoms with van der Waals surface area (Å²) >= 11 is 0. The van der Waals surface area contributed by atoms with Crippen LogP contribution in [0.3, 0.4) is 0 Å². The van der Waals surface area contributed by atoms with Crippen molar-refractivity contribution in [3.05, 3.63) is 83.5 Å². The molecule has 4 rings (SSSR count). The number of aryl methyl sites for hydroxylation is 1. The van der Waals surface area contributed by atoms with E-state index in [1.807, 2.05) is 61.5 Å². The molecule has 5 nitrogen and oxygen atoms in total. The van der Waals surface area contributed by atoms with Gasteiger partial charge in [0.1, 0.15) is 17.1 Å². The van der Waals surface area contributed by atoms with E-state index in [1.165, 1.54) is 6.08 Å². The largest absolute Gasteiger partial charge is 0.463 e. The Balaban J connectivity index is 1.55. The lowest BCUT2D eigenvalue weighted by atomic mass is 10.1. The molecule has 5 heteroatoms. The van der Waals surface area contributed by atoms with Gasteiger partial charge >= 0.3 is 5.97 Å². The van der Waals surface area contributed by atoms with E-state index in [0.29, 0.717) is 18.9 Å². The van der Waals surface area contributed by atoms with Gasteiger partial charge in [-0.25, -0.2) is 9.78 Å². The molecule has 0 fully saturated rings. The minimum atomic E-state index is -0.351. The van der Waals surface area contributed by atoms with Crippen molar-refractivity contribution in [2.45, 2.75) is 20.3 Å². The van der Waals surface area contributed by atoms with Crippen molar-refractivity contribution in [1.82, 2.24) is 4.98 Å². The topological polar surface area (TPSA) is 65.5 Å². The molecule has 4 aromatic rings. The van der Waals surface area contributed by atoms with Crippen LogP contribution >= 0.6 is 0 Å². The molecule has 0 atom stereocenters. The number of carbonyl (C=O) groups is 1. The Labute approximate surface area is 168 Å². The molecule has 2 aromatic heterocycles. The van der Waals surface area contributed by atoms with Crippen LogP contribution in [-0.4, -0.2) is 17.6 Å². The molecule has 29 heavy (non-hydrogen) atoms. The van der Waals surface area contributed by atoms with E-state index in [9.17, 15) is 4.79 Å². The van der Waals surface area contributed by atoms with Crippen LogP contribution in [0, 0.1) is 6.92 Å². The highest BCUT2D eigenvalue weighted by atomic mass is 16.5. The summed E-state index contributed by atoms with van der Waals surface area (Å²) in [5.74, 6) is 1.85. The van der Waals surface area contributed by atoms with Gasteiger partial charge in [-0.05, 0) is 55.8 Å². The monoisotopic (exact) mass is 387 g/mol. The maximum atomic E-state index is 11.5. The van der Waals surface area contributed by atoms with E-state index in [1.54, 1.807) is 13.0 Å². The average Bonchev–Trinajstić information content (AvgIpc) is 3.30. The molecule has 0 amide bonds. The zero-order valence-electron chi connectivity index (χ0n) is 16.3. The van der Waals surface area contributed by atoms with Gasteiger partial charge in [0.05, 0.1) is 18.7 Å². The highest BCUT2D eigenvalue weighted by Gasteiger charge is 2.14. The van der Waals surface area contributed by atoms with Crippen molar-refractivity contribution in [1.29, 1.82) is 0 Å². The van der Waals surface area contributed by atoms with E-state index in [-0.39, 0.29) is 5.97 Å². The third-order valence-corrected chi connectivity index (χ3v) is 4.54. The summed E-state index contributed by atoms with van der Waals surface area (Å²) < 4.78 is 16.7. The molecule has 0 aliphatic heterocycles. The Kier molecular flexibility index (Phi) is 5.29. The van der Waals surface area contributed by atoms with E-state index in [2.05, 4.69) is 4.98 Å². The Hall–Kier alpha value is -3.60. The summed E-state index contributed by atoms with van der Waals surface area (Å²) in [4.78, 5) is 16.1. The van der Waals surface area contributed by atoms with Crippen LogP contribution in [0.15, 0.2) is 69.5 Å². The fourth-order valence-electron chi connectivity index (χ4n) is 3.12. The lowest BCUT2D eigenvalue weighted by molar-refractivity contribution is -0.137. The zero-order valence-corrected chi connectivity index (χ0v) is 16.3. The fraction of sp³-hybridized carbons (Fsp3) is 0.167. The first-order valence-electron chi connectivity index (χ1n) is 9.51. The minimum Gasteiger partial charge on any atom is -0.463 e. The van der Waals surface area contributed by atoms with Gasteiger partial charge in [0.25, 0.3) is 0 Å². The first-order chi connectivity index (χ1) is 14.1. The molecule has 2 aromatic carbocycles. The molecule has 0 bridgehead atoms. The molecule has 146 valence electrons. The molecular weight excluding hydrogens is 366 g/mol. The molecule has 0 radical (unpaired) electrons. The number of ether oxygens (including phenoxy) is 1. The first kappa shape index (κ1) is 18.7. The van der Waals surface area contributed by atoms with Crippen molar-refractivity contribution < 1.29 is 18.4 Å². The third-order valence-electron chi connectivity index (χ3n) is 4.54. The van der Waals surface area contributed by atoms with E-state index < -0.39 is 0 Å². The quantitative estimate of drug-likeness (QED) is 0.320. The smallest absolute Gasteiger partial charge is 0.330 e. The second-order valence-corrected chi connectivity index (χ2v) is 6.66. The Morgan fingerprint density at radius 1 is 1.10 bits per heavy atom. The van der Waals surface area contributed by atoms with Crippen molar-refractivity contribution in [2.75, 3.05) is 6.61 Å². The summed E-state index contributed by atoms with van der Waals surface area (Å²) in [6.45, 7) is 4.06. The van der Waals surface area contributed by atoms with Crippen molar-refractivity contribution in [3.63, 3.8) is 0 Å². The molecule has 0 saturated carbocycles. The molecule has 0 N–H and O–H groups in total. The number of fused-ring (bicyclic) bond motifs is 1. The van der Waals surface area contributed by atoms with Crippen molar-refractivity contribution in [3.8, 4) is 11.5 Å². The summed E-state index contributed by atoms with van der Waals surface area (Å²) in [7, 11) is 0. The number of rotatable bonds is 6. The number of oxazole rings is 1. The number of hydrogen-bond donors (Lipinski definition) is 0. The molecule has 2 heterocycles. The molecule has 0 aliphatic carbocycles. The van der Waals surface area contributed by atoms with Crippen LogP contribution in [0.4, 0.5) is 0 Å². The summed E-state index contributed by atoms with van der Waals surface area (Å²) in [6.07, 6.45) is 3.71. The van der Waals surface area contributed by atoms with Gasteiger partial charge in [-0.15, -0.1) is 0 Å². The van der Waals surface area contributed by atoms with Gasteiger partial charge < -0.3 is 13.6 Å². The molecule has 0 aliphatic rings. The predicted molar refractivity (Wildman–Crippen MR) is 111 cm³/mol. The second kappa shape index (κ2) is 8.19. The number of aromatic nitrogens is 1. The minimum absolute atomic E-state index is 0.351. The Morgan fingerprint density at radius 2 is 1.93 bits per heavy atom. The lowest BCUT2D eigenvalue weighted by Gasteiger charge is -1.95. The molecule has 0 spiro atoms. The first-order valence-corrected chi connectivity index (χ1v) is 9.51. The Morgan fingerprint density at radius 3 is 2.72 bits per heavy atom. The normalized spacial score (nSPS) is 11.4. The van der Waals surface area contributed by atoms with Crippen LogP contribution in [-0.2, 0) is 16.0 Å². The van der Waals surface area contributed by atoms with Crippen LogP contribution in [0.1, 0.15) is 29.7 Å². The van der Waals surface area contributed by atoms with Crippen LogP contribution in [0.25, 0.3) is 28.5 Å². The summed E-state index contributed by atoms with van der Waals surface area (Å²) in [5.41, 5.74) is 3.49. The summed E-state index contributed by atoms with van der Waals surface area (Å²) in [6, 6.07) is 17.6. The maximum absolute atomic E-state index is 11.5. The van der Waals surface area contributed by atoms with Gasteiger partial charge in [0, 0.05) is 17.0 Å². The van der Waals surface area contributed by atoms with E-state index in [0.717, 1.165) is 39.3 Å². The SMILES string of the molecule is CCOC(=O)C=Cc1ccc2oc(Cc3nc(-c4ccccc4)oc3C)cc2c1. The molecule has 0 unspecified atom stereocenters. The van der Waals surface area contributed by atoms with E-state index in [4.69, 9.17) is 13.6 Å². The highest BCUT2D eigenvalue weighted by molar-refractivity contribution is 5.88. The van der Waals surface area contributed by atoms with Gasteiger partial charge in [-0.3, -0.25) is 0 Å². The number of carbonyl (C=O) groups excluding carboxylic acids is 1. The van der Waals surface area contributed by atoms with Crippen LogP contribution < -0.4 is 0 Å². The highest BCUT2D eigenvalue weighted by Crippen LogP contribution is 2.26. The van der Waals surface area contributed by atoms with Crippen molar-refractivity contribution >= 4 is 23.0 Å². The predicted octanol–water partition coefficient (Wildman–Crippen LogP) is 5.56. The third kappa shape index (κ3) is 4.29. The van der Waals surface area contributed by atoms with Gasteiger partial charge in [-0.1, -0.05) is 24.3 Å². The van der Waals surface area contributed by atoms with Crippen LogP contribution in [0.2, 0.25) is 0 Å². The van der Waals surface area contributed by atoms with Gasteiger partial charge in [-0.2, -0.15) is 0 Å². The van der Waals surface area contributed by atoms with Gasteiger partial charge in [0.2, 0.25) is 5.89 Å². The Bertz CT molecular complexity index is 1170. The zero-order chi connectivity index (χ0) is 20.2. The maximum Gasteiger partial charge on any atom is 0.330 e. The number of hydrogen-bond acceptors (Lipinski definition) is 5. The second-order valence-electron chi connectivity index (χ2n) is 6.66. The number of nitrogens with zero attached hydrogens (tertiary/aromatic N) is 1. The van der Waals surface area contributed by atoms with Gasteiger partial charge in [0.15, 0.2) is 0 Å². The number of esters is 1. The van der Waals surface area contributed by atoms with Crippen LogP contribution in [0.5, 0.6) is 0 Å². The van der Waals surface area contributed by atoms with Crippen molar-refractivity contribution in [2.24, 2.45) is 0 Å². The average molecular weight is 387 g/mol. The molecular formula is C24H21NO4. The number of benzene rings is 2. The van der Waals surface area contributed by atoms with E-state index >= 15 is 0 Å². The lowest BCUT2D eigenvalue weighted by Crippen LogP contribution is -1.98.